The van der Waals surface area contributed by atoms with Crippen molar-refractivity contribution in [1.29, 1.82) is 0 Å². The summed E-state index contributed by atoms with van der Waals surface area (Å²) in [5.41, 5.74) is 3.00. The molecule has 1 N–H and O–H groups in total. The van der Waals surface area contributed by atoms with E-state index in [2.05, 4.69) is 5.32 Å². The van der Waals surface area contributed by atoms with Crippen LogP contribution < -0.4 is 14.8 Å². The molecule has 0 aromatic heterocycles. The Labute approximate surface area is 219 Å². The maximum atomic E-state index is 13.7. The van der Waals surface area contributed by atoms with E-state index in [4.69, 9.17) is 9.47 Å². The Kier molecular flexibility index (Phi) is 9.19. The molecule has 6 heteroatoms. The largest absolute Gasteiger partial charge is 0.497 e. The van der Waals surface area contributed by atoms with Crippen molar-refractivity contribution < 1.29 is 19.1 Å². The maximum absolute atomic E-state index is 13.7. The highest BCUT2D eigenvalue weighted by Crippen LogP contribution is 2.21. The monoisotopic (exact) mass is 500 g/mol. The number of benzene rings is 3. The van der Waals surface area contributed by atoms with Gasteiger partial charge in [0.15, 0.2) is 6.61 Å². The number of carbonyl (C=O) groups is 2. The topological polar surface area (TPSA) is 67.9 Å². The van der Waals surface area contributed by atoms with Gasteiger partial charge in [0.1, 0.15) is 17.5 Å². The summed E-state index contributed by atoms with van der Waals surface area (Å²) in [6.45, 7) is 2.11. The van der Waals surface area contributed by atoms with E-state index in [1.54, 1.807) is 12.0 Å². The van der Waals surface area contributed by atoms with Crippen LogP contribution in [0.2, 0.25) is 0 Å². The minimum Gasteiger partial charge on any atom is -0.497 e. The predicted molar refractivity (Wildman–Crippen MR) is 145 cm³/mol. The van der Waals surface area contributed by atoms with Crippen LogP contribution >= 0.6 is 0 Å². The van der Waals surface area contributed by atoms with Crippen molar-refractivity contribution in [3.63, 3.8) is 0 Å². The van der Waals surface area contributed by atoms with E-state index in [1.807, 2.05) is 85.8 Å². The summed E-state index contributed by atoms with van der Waals surface area (Å²) >= 11 is 0. The quantitative estimate of drug-likeness (QED) is 0.399. The van der Waals surface area contributed by atoms with Gasteiger partial charge in [-0.3, -0.25) is 9.59 Å². The smallest absolute Gasteiger partial charge is 0.261 e. The second-order valence-corrected chi connectivity index (χ2v) is 9.67. The molecule has 0 radical (unpaired) electrons. The highest BCUT2D eigenvalue weighted by molar-refractivity contribution is 5.88. The molecular weight excluding hydrogens is 464 g/mol. The Bertz CT molecular complexity index is 1160. The first-order valence-corrected chi connectivity index (χ1v) is 13.0. The summed E-state index contributed by atoms with van der Waals surface area (Å²) in [5, 5.41) is 3.22. The molecule has 4 rings (SSSR count). The molecular formula is C31H36N2O4. The van der Waals surface area contributed by atoms with Crippen LogP contribution in [0.4, 0.5) is 0 Å². The zero-order valence-electron chi connectivity index (χ0n) is 21.7. The van der Waals surface area contributed by atoms with Crippen LogP contribution in [-0.4, -0.2) is 42.5 Å². The molecule has 1 saturated carbocycles. The molecule has 0 unspecified atom stereocenters. The highest BCUT2D eigenvalue weighted by atomic mass is 16.5. The minimum atomic E-state index is -0.677. The van der Waals surface area contributed by atoms with Gasteiger partial charge >= 0.3 is 0 Å². The van der Waals surface area contributed by atoms with Crippen LogP contribution in [0.15, 0.2) is 78.9 Å². The summed E-state index contributed by atoms with van der Waals surface area (Å²) in [4.78, 5) is 29.1. The average Bonchev–Trinajstić information content (AvgIpc) is 3.44. The molecule has 0 saturated heterocycles. The van der Waals surface area contributed by atoms with Gasteiger partial charge in [-0.15, -0.1) is 0 Å². The van der Waals surface area contributed by atoms with E-state index < -0.39 is 6.04 Å². The number of nitrogens with one attached hydrogen (secondary N) is 1. The maximum Gasteiger partial charge on any atom is 0.261 e. The Balaban J connectivity index is 1.61. The normalized spacial score (nSPS) is 14.1. The Morgan fingerprint density at radius 2 is 1.62 bits per heavy atom. The molecule has 0 heterocycles. The standard InChI is InChI=1S/C31H36N2O4/c1-23-15-17-27(18-16-23)37-22-30(34)33(21-25-11-8-14-28(19-25)36-2)29(20-24-9-4-3-5-10-24)31(35)32-26-12-6-7-13-26/h3-5,8-11,14-19,26,29H,6-7,12-13,20-22H2,1-2H3,(H,32,35)/t29-/m0/s1. The zero-order chi connectivity index (χ0) is 26.0. The van der Waals surface area contributed by atoms with Gasteiger partial charge in [-0.2, -0.15) is 0 Å². The van der Waals surface area contributed by atoms with Crippen LogP contribution in [0, 0.1) is 6.92 Å². The van der Waals surface area contributed by atoms with Crippen LogP contribution in [0.5, 0.6) is 11.5 Å². The van der Waals surface area contributed by atoms with Gasteiger partial charge in [0, 0.05) is 19.0 Å². The molecule has 0 spiro atoms. The molecule has 194 valence electrons. The third-order valence-corrected chi connectivity index (χ3v) is 6.84. The number of ether oxygens (including phenoxy) is 2. The summed E-state index contributed by atoms with van der Waals surface area (Å²) in [5.74, 6) is 0.958. The van der Waals surface area contributed by atoms with E-state index >= 15 is 0 Å². The van der Waals surface area contributed by atoms with Gasteiger partial charge < -0.3 is 19.7 Å². The van der Waals surface area contributed by atoms with Crippen molar-refractivity contribution in [3.05, 3.63) is 95.6 Å². The van der Waals surface area contributed by atoms with Gasteiger partial charge in [-0.25, -0.2) is 0 Å². The first-order chi connectivity index (χ1) is 18.0. The number of methoxy groups -OCH3 is 1. The van der Waals surface area contributed by atoms with E-state index in [1.165, 1.54) is 0 Å². The Morgan fingerprint density at radius 1 is 0.919 bits per heavy atom. The average molecular weight is 501 g/mol. The summed E-state index contributed by atoms with van der Waals surface area (Å²) in [6, 6.07) is 24.5. The third kappa shape index (κ3) is 7.59. The minimum absolute atomic E-state index is 0.123. The second-order valence-electron chi connectivity index (χ2n) is 9.67. The molecule has 6 nitrogen and oxygen atoms in total. The lowest BCUT2D eigenvalue weighted by molar-refractivity contribution is -0.143. The van der Waals surface area contributed by atoms with Gasteiger partial charge in [-0.05, 0) is 55.2 Å². The van der Waals surface area contributed by atoms with Crippen molar-refractivity contribution in [1.82, 2.24) is 10.2 Å². The molecule has 37 heavy (non-hydrogen) atoms. The fourth-order valence-corrected chi connectivity index (χ4v) is 4.75. The van der Waals surface area contributed by atoms with Gasteiger partial charge in [0.2, 0.25) is 5.91 Å². The lowest BCUT2D eigenvalue weighted by Gasteiger charge is -2.32. The number of hydrogen-bond donors (Lipinski definition) is 1. The SMILES string of the molecule is COc1cccc(CN(C(=O)COc2ccc(C)cc2)[C@@H](Cc2ccccc2)C(=O)NC2CCCC2)c1. The molecule has 3 aromatic carbocycles. The van der Waals surface area contributed by atoms with E-state index in [-0.39, 0.29) is 31.0 Å². The summed E-state index contributed by atoms with van der Waals surface area (Å²) in [7, 11) is 1.62. The number of rotatable bonds is 11. The Hall–Kier alpha value is -3.80. The number of carbonyl (C=O) groups excluding carboxylic acids is 2. The predicted octanol–water partition coefficient (Wildman–Crippen LogP) is 5.08. The third-order valence-electron chi connectivity index (χ3n) is 6.84. The lowest BCUT2D eigenvalue weighted by Crippen LogP contribution is -2.53. The first kappa shape index (κ1) is 26.3. The van der Waals surface area contributed by atoms with E-state index in [0.29, 0.717) is 17.9 Å². The first-order valence-electron chi connectivity index (χ1n) is 13.0. The van der Waals surface area contributed by atoms with Crippen molar-refractivity contribution in [2.75, 3.05) is 13.7 Å². The molecule has 1 fully saturated rings. The number of amides is 2. The van der Waals surface area contributed by atoms with Crippen LogP contribution in [0.3, 0.4) is 0 Å². The number of nitrogens with zero attached hydrogens (tertiary/aromatic N) is 1. The van der Waals surface area contributed by atoms with E-state index in [0.717, 1.165) is 42.4 Å². The molecule has 1 aliphatic rings. The number of aryl methyl sites for hydroxylation is 1. The fraction of sp³-hybridized carbons (Fsp3) is 0.355. The van der Waals surface area contributed by atoms with Crippen LogP contribution in [-0.2, 0) is 22.6 Å². The van der Waals surface area contributed by atoms with Crippen molar-refractivity contribution in [2.45, 2.75) is 57.7 Å². The fourth-order valence-electron chi connectivity index (χ4n) is 4.75. The summed E-state index contributed by atoms with van der Waals surface area (Å²) in [6.07, 6.45) is 4.60. The van der Waals surface area contributed by atoms with E-state index in [9.17, 15) is 9.59 Å². The van der Waals surface area contributed by atoms with Crippen molar-refractivity contribution in [3.8, 4) is 11.5 Å². The Morgan fingerprint density at radius 3 is 2.32 bits per heavy atom. The lowest BCUT2D eigenvalue weighted by atomic mass is 10.0. The zero-order valence-corrected chi connectivity index (χ0v) is 21.7. The highest BCUT2D eigenvalue weighted by Gasteiger charge is 2.32. The van der Waals surface area contributed by atoms with Gasteiger partial charge in [0.25, 0.3) is 5.91 Å². The molecule has 3 aromatic rings. The molecule has 0 aliphatic heterocycles. The van der Waals surface area contributed by atoms with Crippen LogP contribution in [0.1, 0.15) is 42.4 Å². The summed E-state index contributed by atoms with van der Waals surface area (Å²) < 4.78 is 11.2. The van der Waals surface area contributed by atoms with Crippen LogP contribution in [0.25, 0.3) is 0 Å². The van der Waals surface area contributed by atoms with Gasteiger partial charge in [0.05, 0.1) is 7.11 Å². The van der Waals surface area contributed by atoms with Gasteiger partial charge in [-0.1, -0.05) is 73.0 Å². The molecule has 2 amide bonds. The number of hydrogen-bond acceptors (Lipinski definition) is 4. The molecule has 0 bridgehead atoms. The van der Waals surface area contributed by atoms with Crippen molar-refractivity contribution in [2.24, 2.45) is 0 Å². The second kappa shape index (κ2) is 12.9. The molecule has 1 aliphatic carbocycles. The van der Waals surface area contributed by atoms with Crippen molar-refractivity contribution >= 4 is 11.8 Å². The molecule has 1 atom stereocenters.